The van der Waals surface area contributed by atoms with Gasteiger partial charge in [0.1, 0.15) is 11.2 Å². The lowest BCUT2D eigenvalue weighted by Gasteiger charge is -2.11. The summed E-state index contributed by atoms with van der Waals surface area (Å²) in [5.74, 6) is 1.64. The number of hydrogen-bond donors (Lipinski definition) is 0. The summed E-state index contributed by atoms with van der Waals surface area (Å²) in [5.41, 5.74) is 7.32. The van der Waals surface area contributed by atoms with Crippen LogP contribution in [0.5, 0.6) is 0 Å². The van der Waals surface area contributed by atoms with Crippen LogP contribution in [0, 0.1) is 0 Å². The summed E-state index contributed by atoms with van der Waals surface area (Å²) in [7, 11) is 0. The van der Waals surface area contributed by atoms with Crippen LogP contribution in [-0.2, 0) is 0 Å². The van der Waals surface area contributed by atoms with Gasteiger partial charge in [0.25, 0.3) is 0 Å². The van der Waals surface area contributed by atoms with Gasteiger partial charge in [-0.25, -0.2) is 15.0 Å². The Bertz CT molecular complexity index is 2550. The van der Waals surface area contributed by atoms with Crippen LogP contribution in [0.1, 0.15) is 0 Å². The summed E-state index contributed by atoms with van der Waals surface area (Å²) in [6.07, 6.45) is 0. The molecule has 0 spiro atoms. The fourth-order valence-corrected chi connectivity index (χ4v) is 6.60. The van der Waals surface area contributed by atoms with Crippen molar-refractivity contribution in [2.75, 3.05) is 0 Å². The third-order valence-electron chi connectivity index (χ3n) is 8.33. The van der Waals surface area contributed by atoms with Gasteiger partial charge in [-0.3, -0.25) is 0 Å². The largest absolute Gasteiger partial charge is 0.456 e. The number of halogens is 1. The highest BCUT2D eigenvalue weighted by molar-refractivity contribution is 6.40. The van der Waals surface area contributed by atoms with Gasteiger partial charge in [-0.2, -0.15) is 0 Å². The van der Waals surface area contributed by atoms with Crippen LogP contribution in [0.3, 0.4) is 0 Å². The van der Waals surface area contributed by atoms with Gasteiger partial charge >= 0.3 is 0 Å². The molecule has 0 fully saturated rings. The smallest absolute Gasteiger partial charge is 0.165 e. The minimum atomic E-state index is 0.500. The van der Waals surface area contributed by atoms with E-state index in [1.165, 1.54) is 5.39 Å². The van der Waals surface area contributed by atoms with Crippen molar-refractivity contribution in [3.05, 3.63) is 145 Å². The summed E-state index contributed by atoms with van der Waals surface area (Å²) in [4.78, 5) is 15.0. The van der Waals surface area contributed by atoms with Gasteiger partial charge in [-0.1, -0.05) is 109 Å². The van der Waals surface area contributed by atoms with Gasteiger partial charge in [-0.05, 0) is 42.5 Å². The van der Waals surface area contributed by atoms with Crippen molar-refractivity contribution in [3.8, 4) is 39.9 Å². The number of aromatic nitrogens is 4. The van der Waals surface area contributed by atoms with Gasteiger partial charge in [0.05, 0.1) is 16.1 Å². The predicted octanol–water partition coefficient (Wildman–Crippen LogP) is 10.5. The maximum Gasteiger partial charge on any atom is 0.165 e. The molecule has 0 saturated carbocycles. The summed E-state index contributed by atoms with van der Waals surface area (Å²) in [6.45, 7) is 0. The average molecular weight is 599 g/mol. The molecule has 0 unspecified atom stereocenters. The zero-order chi connectivity index (χ0) is 29.9. The van der Waals surface area contributed by atoms with Gasteiger partial charge in [-0.15, -0.1) is 0 Å². The summed E-state index contributed by atoms with van der Waals surface area (Å²) >= 11 is 7.14. The Morgan fingerprint density at radius 1 is 0.489 bits per heavy atom. The fourth-order valence-electron chi connectivity index (χ4n) is 6.25. The van der Waals surface area contributed by atoms with E-state index >= 15 is 0 Å². The molecular formula is C39H23ClN4O. The molecule has 0 atom stereocenters. The Kier molecular flexibility index (Phi) is 5.80. The number of para-hydroxylation sites is 3. The summed E-state index contributed by atoms with van der Waals surface area (Å²) < 4.78 is 8.38. The molecule has 0 saturated heterocycles. The van der Waals surface area contributed by atoms with Gasteiger partial charge in [0.2, 0.25) is 0 Å². The Hall–Kier alpha value is -5.78. The molecule has 45 heavy (non-hydrogen) atoms. The van der Waals surface area contributed by atoms with Crippen LogP contribution < -0.4 is 0 Å². The van der Waals surface area contributed by atoms with E-state index in [-0.39, 0.29) is 0 Å². The molecule has 0 aliphatic rings. The molecule has 0 aliphatic heterocycles. The highest BCUT2D eigenvalue weighted by Gasteiger charge is 2.20. The highest BCUT2D eigenvalue weighted by Crippen LogP contribution is 2.40. The lowest BCUT2D eigenvalue weighted by atomic mass is 10.1. The maximum atomic E-state index is 7.14. The summed E-state index contributed by atoms with van der Waals surface area (Å²) in [5, 5.41) is 4.71. The first-order valence-corrected chi connectivity index (χ1v) is 15.1. The SMILES string of the molecule is Clc1c(-c2nc(-c3ccccc3)nc(-c3ccc4c5ccccc5n(-c5ccccc5)c4c3)n2)ccc2oc3ccccc3c12. The normalized spacial score (nSPS) is 11.7. The van der Waals surface area contributed by atoms with Crippen molar-refractivity contribution >= 4 is 55.3 Å². The zero-order valence-electron chi connectivity index (χ0n) is 23.9. The molecule has 9 rings (SSSR count). The summed E-state index contributed by atoms with van der Waals surface area (Å²) in [6, 6.07) is 47.1. The van der Waals surface area contributed by atoms with Crippen LogP contribution >= 0.6 is 11.6 Å². The van der Waals surface area contributed by atoms with E-state index in [2.05, 4.69) is 71.3 Å². The first-order chi connectivity index (χ1) is 22.2. The van der Waals surface area contributed by atoms with Crippen LogP contribution in [-0.4, -0.2) is 19.5 Å². The molecule has 212 valence electrons. The second-order valence-electron chi connectivity index (χ2n) is 11.0. The molecule has 9 aromatic rings. The standard InChI is InChI=1S/C39H23ClN4O/c40-36-30(21-22-34-35(36)29-16-8-10-18-33(29)45-34)39-42-37(24-11-3-1-4-12-24)41-38(43-39)25-19-20-28-27-15-7-9-17-31(27)44(32(28)23-25)26-13-5-2-6-14-26/h1-23H. The molecule has 6 heteroatoms. The van der Waals surface area contributed by atoms with Crippen molar-refractivity contribution in [2.24, 2.45) is 0 Å². The number of rotatable bonds is 4. The highest BCUT2D eigenvalue weighted by atomic mass is 35.5. The van der Waals surface area contributed by atoms with Crippen LogP contribution in [0.4, 0.5) is 0 Å². The third-order valence-corrected chi connectivity index (χ3v) is 8.73. The Balaban J connectivity index is 1.30. The minimum absolute atomic E-state index is 0.500. The van der Waals surface area contributed by atoms with E-state index in [9.17, 15) is 0 Å². The van der Waals surface area contributed by atoms with E-state index in [0.717, 1.165) is 60.7 Å². The lowest BCUT2D eigenvalue weighted by molar-refractivity contribution is 0.669. The van der Waals surface area contributed by atoms with Crippen molar-refractivity contribution in [2.45, 2.75) is 0 Å². The van der Waals surface area contributed by atoms with Gasteiger partial charge < -0.3 is 8.98 Å². The number of nitrogens with zero attached hydrogens (tertiary/aromatic N) is 4. The van der Waals surface area contributed by atoms with Gasteiger partial charge in [0.15, 0.2) is 17.5 Å². The van der Waals surface area contributed by atoms with E-state index < -0.39 is 0 Å². The first kappa shape index (κ1) is 25.7. The van der Waals surface area contributed by atoms with Crippen molar-refractivity contribution in [1.29, 1.82) is 0 Å². The van der Waals surface area contributed by atoms with E-state index in [4.69, 9.17) is 31.0 Å². The third kappa shape index (κ3) is 4.13. The van der Waals surface area contributed by atoms with E-state index in [1.54, 1.807) is 0 Å². The molecule has 3 aromatic heterocycles. The monoisotopic (exact) mass is 598 g/mol. The molecule has 0 aliphatic carbocycles. The number of benzene rings is 6. The topological polar surface area (TPSA) is 56.7 Å². The van der Waals surface area contributed by atoms with Crippen molar-refractivity contribution in [3.63, 3.8) is 0 Å². The molecule has 0 amide bonds. The second kappa shape index (κ2) is 10.2. The fraction of sp³-hybridized carbons (Fsp3) is 0. The lowest BCUT2D eigenvalue weighted by Crippen LogP contribution is -2.01. The quantitative estimate of drug-likeness (QED) is 0.202. The van der Waals surface area contributed by atoms with Crippen LogP contribution in [0.2, 0.25) is 5.02 Å². The Morgan fingerprint density at radius 2 is 1.13 bits per heavy atom. The molecule has 0 N–H and O–H groups in total. The molecule has 0 bridgehead atoms. The molecule has 3 heterocycles. The Labute approximate surface area is 263 Å². The van der Waals surface area contributed by atoms with E-state index in [0.29, 0.717) is 22.5 Å². The number of fused-ring (bicyclic) bond motifs is 6. The van der Waals surface area contributed by atoms with E-state index in [1.807, 2.05) is 72.8 Å². The van der Waals surface area contributed by atoms with Crippen molar-refractivity contribution < 1.29 is 4.42 Å². The molecule has 0 radical (unpaired) electrons. The molecule has 5 nitrogen and oxygen atoms in total. The number of hydrogen-bond acceptors (Lipinski definition) is 4. The van der Waals surface area contributed by atoms with Gasteiger partial charge in [0, 0.05) is 43.9 Å². The zero-order valence-corrected chi connectivity index (χ0v) is 24.6. The minimum Gasteiger partial charge on any atom is -0.456 e. The second-order valence-corrected chi connectivity index (χ2v) is 11.4. The molecular weight excluding hydrogens is 576 g/mol. The van der Waals surface area contributed by atoms with Crippen molar-refractivity contribution in [1.82, 2.24) is 19.5 Å². The van der Waals surface area contributed by atoms with Crippen LogP contribution in [0.15, 0.2) is 144 Å². The number of furan rings is 1. The molecule has 6 aromatic carbocycles. The average Bonchev–Trinajstić information content (AvgIpc) is 3.65. The Morgan fingerprint density at radius 3 is 1.96 bits per heavy atom. The first-order valence-electron chi connectivity index (χ1n) is 14.7. The maximum absolute atomic E-state index is 7.14. The predicted molar refractivity (Wildman–Crippen MR) is 183 cm³/mol. The van der Waals surface area contributed by atoms with Crippen LogP contribution in [0.25, 0.3) is 83.6 Å².